The maximum Gasteiger partial charge on any atom is 0.321 e. The summed E-state index contributed by atoms with van der Waals surface area (Å²) in [5.41, 5.74) is 7.80. The van der Waals surface area contributed by atoms with Crippen LogP contribution >= 0.6 is 12.6 Å². The summed E-state index contributed by atoms with van der Waals surface area (Å²) < 4.78 is 5.24. The molecule has 5 atom stereocenters. The quantitative estimate of drug-likeness (QED) is 0.0799. The molecule has 12 heteroatoms. The van der Waals surface area contributed by atoms with E-state index in [0.717, 1.165) is 0 Å². The average Bonchev–Trinajstić information content (AvgIpc) is 3.22. The van der Waals surface area contributed by atoms with E-state index in [0.29, 0.717) is 0 Å². The third-order valence-electron chi connectivity index (χ3n) is 3.16. The first kappa shape index (κ1) is 19.6. The highest BCUT2D eigenvalue weighted by Gasteiger charge is 2.48. The summed E-state index contributed by atoms with van der Waals surface area (Å²) in [7, 11) is 0. The molecule has 23 heavy (non-hydrogen) atoms. The summed E-state index contributed by atoms with van der Waals surface area (Å²) in [6.07, 6.45) is -1.75. The highest BCUT2D eigenvalue weighted by Crippen LogP contribution is 2.25. The van der Waals surface area contributed by atoms with Crippen LogP contribution in [0.3, 0.4) is 0 Å². The molecule has 1 saturated heterocycles. The van der Waals surface area contributed by atoms with Gasteiger partial charge in [0.05, 0.1) is 18.5 Å². The molecule has 0 aromatic carbocycles. The van der Waals surface area contributed by atoms with E-state index >= 15 is 0 Å². The fraction of sp³-hybridized carbons (Fsp3) is 0.727. The van der Waals surface area contributed by atoms with Gasteiger partial charge in [-0.1, -0.05) is 0 Å². The van der Waals surface area contributed by atoms with Gasteiger partial charge in [0.2, 0.25) is 5.91 Å². The lowest BCUT2D eigenvalue weighted by atomic mass is 10.1. The Morgan fingerprint density at radius 1 is 1.30 bits per heavy atom. The smallest absolute Gasteiger partial charge is 0.321 e. The maximum atomic E-state index is 11.8. The van der Waals surface area contributed by atoms with E-state index in [2.05, 4.69) is 28.7 Å². The summed E-state index contributed by atoms with van der Waals surface area (Å²) >= 11 is 3.90. The van der Waals surface area contributed by atoms with Crippen molar-refractivity contribution in [2.45, 2.75) is 36.9 Å². The van der Waals surface area contributed by atoms with Gasteiger partial charge in [-0.25, -0.2) is 0 Å². The van der Waals surface area contributed by atoms with Crippen molar-refractivity contribution < 1.29 is 29.3 Å². The van der Waals surface area contributed by atoms with Crippen molar-refractivity contribution in [1.29, 1.82) is 0 Å². The second kappa shape index (κ2) is 9.00. The van der Waals surface area contributed by atoms with Crippen molar-refractivity contribution in [3.8, 4) is 0 Å². The number of epoxide rings is 1. The molecule has 0 radical (unpaired) electrons. The molecule has 1 aliphatic rings. The van der Waals surface area contributed by atoms with Crippen molar-refractivity contribution in [2.24, 2.45) is 11.6 Å². The van der Waals surface area contributed by atoms with E-state index in [-0.39, 0.29) is 12.3 Å². The van der Waals surface area contributed by atoms with Crippen LogP contribution in [0.5, 0.6) is 0 Å². The van der Waals surface area contributed by atoms with Crippen LogP contribution < -0.4 is 27.6 Å². The molecule has 1 aliphatic heterocycles. The number of ether oxygens (including phenoxy) is 1. The Hall–Kier alpha value is -1.44. The molecule has 0 aromatic heterocycles. The minimum atomic E-state index is -1.14. The second-order valence-corrected chi connectivity index (χ2v) is 5.35. The van der Waals surface area contributed by atoms with Gasteiger partial charge in [-0.15, -0.1) is 0 Å². The van der Waals surface area contributed by atoms with Gasteiger partial charge in [0, 0.05) is 12.3 Å². The predicted molar refractivity (Wildman–Crippen MR) is 81.4 cm³/mol. The Morgan fingerprint density at radius 3 is 2.43 bits per heavy atom. The van der Waals surface area contributed by atoms with Gasteiger partial charge in [-0.3, -0.25) is 31.0 Å². The molecule has 1 heterocycles. The summed E-state index contributed by atoms with van der Waals surface area (Å²) in [5.74, 6) is 2.27. The lowest BCUT2D eigenvalue weighted by Gasteiger charge is -2.18. The Morgan fingerprint density at radius 2 is 1.96 bits per heavy atom. The standard InChI is InChI=1S/C11H21N5O6S/c12-4(2-14-13)9(19)15-5(1-7(17)18)8-10(22-8)16-6(3-23)11(20)21/h4-6,8,10,14,16,23H,1-3,12-13H2,(H,15,19)(H,17,18)(H,20,21). The summed E-state index contributed by atoms with van der Waals surface area (Å²) in [4.78, 5) is 33.7. The molecule has 0 saturated carbocycles. The minimum Gasteiger partial charge on any atom is -0.481 e. The predicted octanol–water partition coefficient (Wildman–Crippen LogP) is -3.57. The zero-order valence-corrected chi connectivity index (χ0v) is 13.0. The van der Waals surface area contributed by atoms with Crippen LogP contribution in [0.4, 0.5) is 0 Å². The number of amides is 1. The normalized spacial score (nSPS) is 23.6. The molecule has 9 N–H and O–H groups in total. The molecule has 0 spiro atoms. The van der Waals surface area contributed by atoms with Crippen molar-refractivity contribution in [2.75, 3.05) is 12.3 Å². The van der Waals surface area contributed by atoms with Gasteiger partial charge >= 0.3 is 11.9 Å². The average molecular weight is 351 g/mol. The highest BCUT2D eigenvalue weighted by molar-refractivity contribution is 7.80. The number of thiol groups is 1. The van der Waals surface area contributed by atoms with Crippen LogP contribution in [-0.2, 0) is 19.1 Å². The fourth-order valence-corrected chi connectivity index (χ4v) is 2.17. The number of carboxylic acid groups (broad SMARTS) is 2. The van der Waals surface area contributed by atoms with Crippen molar-refractivity contribution >= 4 is 30.5 Å². The minimum absolute atomic E-state index is 0.0135. The highest BCUT2D eigenvalue weighted by atomic mass is 32.1. The van der Waals surface area contributed by atoms with Crippen LogP contribution in [0, 0.1) is 0 Å². The monoisotopic (exact) mass is 351 g/mol. The second-order valence-electron chi connectivity index (χ2n) is 4.99. The first-order valence-electron chi connectivity index (χ1n) is 6.76. The van der Waals surface area contributed by atoms with Gasteiger partial charge in [-0.05, 0) is 0 Å². The Labute approximate surface area is 137 Å². The fourth-order valence-electron chi connectivity index (χ4n) is 1.91. The van der Waals surface area contributed by atoms with Crippen LogP contribution in [0.15, 0.2) is 0 Å². The number of hydrogen-bond acceptors (Lipinski definition) is 9. The van der Waals surface area contributed by atoms with Crippen molar-refractivity contribution in [3.05, 3.63) is 0 Å². The first-order valence-corrected chi connectivity index (χ1v) is 7.39. The van der Waals surface area contributed by atoms with E-state index in [9.17, 15) is 14.4 Å². The van der Waals surface area contributed by atoms with Gasteiger partial charge < -0.3 is 26.0 Å². The number of aliphatic carboxylic acids is 2. The summed E-state index contributed by atoms with van der Waals surface area (Å²) in [6, 6.07) is -2.75. The molecule has 0 aromatic rings. The van der Waals surface area contributed by atoms with E-state index in [1.807, 2.05) is 0 Å². The van der Waals surface area contributed by atoms with Gasteiger partial charge in [0.25, 0.3) is 0 Å². The Bertz CT molecular complexity index is 453. The van der Waals surface area contributed by atoms with Crippen molar-refractivity contribution in [1.82, 2.24) is 16.1 Å². The number of rotatable bonds is 11. The lowest BCUT2D eigenvalue weighted by Crippen LogP contribution is -2.53. The Kier molecular flexibility index (Phi) is 7.67. The summed E-state index contributed by atoms with van der Waals surface area (Å²) in [5, 5.41) is 23.0. The molecule has 1 rings (SSSR count). The summed E-state index contributed by atoms with van der Waals surface area (Å²) in [6.45, 7) is 0.0135. The van der Waals surface area contributed by atoms with E-state index in [4.69, 9.17) is 26.5 Å². The van der Waals surface area contributed by atoms with E-state index in [1.54, 1.807) is 0 Å². The third kappa shape index (κ3) is 6.29. The number of hydrogen-bond donors (Lipinski definition) is 8. The third-order valence-corrected chi connectivity index (χ3v) is 3.53. The molecule has 132 valence electrons. The van der Waals surface area contributed by atoms with Gasteiger partial charge in [0.15, 0.2) is 0 Å². The molecule has 1 amide bonds. The van der Waals surface area contributed by atoms with E-state index in [1.165, 1.54) is 0 Å². The van der Waals surface area contributed by atoms with E-state index < -0.39 is 54.7 Å². The van der Waals surface area contributed by atoms with Crippen molar-refractivity contribution in [3.63, 3.8) is 0 Å². The SMILES string of the molecule is NNCC(N)C(=O)NC(CC(=O)O)C1OC1NC(CS)C(=O)O. The van der Waals surface area contributed by atoms with Crippen LogP contribution in [-0.4, -0.2) is 70.8 Å². The molecule has 0 aliphatic carbocycles. The zero-order chi connectivity index (χ0) is 17.6. The zero-order valence-electron chi connectivity index (χ0n) is 12.1. The number of nitrogens with two attached hydrogens (primary N) is 2. The number of carbonyl (C=O) groups is 3. The maximum absolute atomic E-state index is 11.8. The Balaban J connectivity index is 2.61. The number of hydrazine groups is 1. The van der Waals surface area contributed by atoms with Crippen LogP contribution in [0.1, 0.15) is 6.42 Å². The number of carbonyl (C=O) groups excluding carboxylic acids is 1. The molecular weight excluding hydrogens is 330 g/mol. The largest absolute Gasteiger partial charge is 0.481 e. The molecular formula is C11H21N5O6S. The first-order chi connectivity index (χ1) is 10.8. The molecule has 11 nitrogen and oxygen atoms in total. The number of carboxylic acids is 2. The number of nitrogens with one attached hydrogen (secondary N) is 3. The topological polar surface area (TPSA) is 192 Å². The molecule has 0 bridgehead atoms. The molecule has 5 unspecified atom stereocenters. The lowest BCUT2D eigenvalue weighted by molar-refractivity contribution is -0.139. The van der Waals surface area contributed by atoms with Gasteiger partial charge in [-0.2, -0.15) is 12.6 Å². The van der Waals surface area contributed by atoms with Gasteiger partial charge in [0.1, 0.15) is 18.4 Å². The molecule has 1 fully saturated rings. The van der Waals surface area contributed by atoms with Crippen LogP contribution in [0.2, 0.25) is 0 Å². The van der Waals surface area contributed by atoms with Crippen LogP contribution in [0.25, 0.3) is 0 Å².